The molecular formula is C32H44N2O4. The van der Waals surface area contributed by atoms with Gasteiger partial charge in [-0.05, 0) is 79.1 Å². The van der Waals surface area contributed by atoms with E-state index in [-0.39, 0.29) is 18.5 Å². The molecule has 0 bridgehead atoms. The van der Waals surface area contributed by atoms with Crippen molar-refractivity contribution in [3.8, 4) is 5.75 Å². The molecule has 206 valence electrons. The van der Waals surface area contributed by atoms with Crippen LogP contribution in [0.1, 0.15) is 88.7 Å². The zero-order valence-electron chi connectivity index (χ0n) is 22.8. The van der Waals surface area contributed by atoms with Gasteiger partial charge in [-0.25, -0.2) is 4.79 Å². The molecule has 1 fully saturated rings. The van der Waals surface area contributed by atoms with E-state index in [1.54, 1.807) is 24.3 Å². The fourth-order valence-electron chi connectivity index (χ4n) is 5.12. The monoisotopic (exact) mass is 520 g/mol. The SMILES string of the molecule is CCCCCCCCC1CCC(C(=O)Oc2ccc(/C=C/C(=O)OCCc3cc(N)cc(N)c3)cc2)CC1. The Morgan fingerprint density at radius 1 is 0.895 bits per heavy atom. The first-order valence-electron chi connectivity index (χ1n) is 14.2. The van der Waals surface area contributed by atoms with E-state index in [1.807, 2.05) is 24.3 Å². The molecule has 2 aromatic rings. The highest BCUT2D eigenvalue weighted by Crippen LogP contribution is 2.33. The van der Waals surface area contributed by atoms with E-state index in [9.17, 15) is 9.59 Å². The Balaban J connectivity index is 1.33. The van der Waals surface area contributed by atoms with Crippen molar-refractivity contribution in [2.24, 2.45) is 11.8 Å². The summed E-state index contributed by atoms with van der Waals surface area (Å²) in [4.78, 5) is 24.7. The molecule has 0 saturated heterocycles. The maximum absolute atomic E-state index is 12.7. The number of esters is 2. The van der Waals surface area contributed by atoms with Crippen molar-refractivity contribution in [1.29, 1.82) is 0 Å². The molecule has 4 N–H and O–H groups in total. The summed E-state index contributed by atoms with van der Waals surface area (Å²) in [5, 5.41) is 0. The molecular weight excluding hydrogens is 476 g/mol. The molecule has 1 aliphatic rings. The first kappa shape index (κ1) is 29.3. The van der Waals surface area contributed by atoms with Gasteiger partial charge in [0.25, 0.3) is 0 Å². The highest BCUT2D eigenvalue weighted by molar-refractivity contribution is 5.87. The third-order valence-electron chi connectivity index (χ3n) is 7.33. The number of nitrogens with two attached hydrogens (primary N) is 2. The Morgan fingerprint density at radius 2 is 1.55 bits per heavy atom. The molecule has 0 aromatic heterocycles. The normalized spacial score (nSPS) is 17.4. The molecule has 1 saturated carbocycles. The largest absolute Gasteiger partial charge is 0.462 e. The van der Waals surface area contributed by atoms with E-state index in [0.717, 1.165) is 42.7 Å². The molecule has 0 aliphatic heterocycles. The van der Waals surface area contributed by atoms with Gasteiger partial charge in [-0.3, -0.25) is 4.79 Å². The van der Waals surface area contributed by atoms with Gasteiger partial charge >= 0.3 is 11.9 Å². The van der Waals surface area contributed by atoms with Crippen molar-refractivity contribution in [2.75, 3.05) is 18.1 Å². The first-order valence-corrected chi connectivity index (χ1v) is 14.2. The van der Waals surface area contributed by atoms with Gasteiger partial charge in [-0.1, -0.05) is 64.0 Å². The van der Waals surface area contributed by atoms with E-state index >= 15 is 0 Å². The third-order valence-corrected chi connectivity index (χ3v) is 7.33. The lowest BCUT2D eigenvalue weighted by Gasteiger charge is -2.27. The molecule has 0 atom stereocenters. The van der Waals surface area contributed by atoms with Gasteiger partial charge in [0.05, 0.1) is 12.5 Å². The highest BCUT2D eigenvalue weighted by Gasteiger charge is 2.27. The van der Waals surface area contributed by atoms with Gasteiger partial charge in [0.15, 0.2) is 0 Å². The number of hydrogen-bond acceptors (Lipinski definition) is 6. The molecule has 2 aromatic carbocycles. The molecule has 0 heterocycles. The number of rotatable bonds is 14. The topological polar surface area (TPSA) is 105 Å². The molecule has 0 radical (unpaired) electrons. The molecule has 38 heavy (non-hydrogen) atoms. The van der Waals surface area contributed by atoms with Crippen molar-refractivity contribution in [3.05, 3.63) is 59.7 Å². The van der Waals surface area contributed by atoms with E-state index in [4.69, 9.17) is 20.9 Å². The van der Waals surface area contributed by atoms with Crippen molar-refractivity contribution < 1.29 is 19.1 Å². The van der Waals surface area contributed by atoms with Crippen LogP contribution in [0, 0.1) is 11.8 Å². The first-order chi connectivity index (χ1) is 18.4. The second-order valence-corrected chi connectivity index (χ2v) is 10.5. The molecule has 6 nitrogen and oxygen atoms in total. The number of unbranched alkanes of at least 4 members (excludes halogenated alkanes) is 5. The fraction of sp³-hybridized carbons (Fsp3) is 0.500. The molecule has 3 rings (SSSR count). The Morgan fingerprint density at radius 3 is 2.24 bits per heavy atom. The lowest BCUT2D eigenvalue weighted by Crippen LogP contribution is -2.25. The summed E-state index contributed by atoms with van der Waals surface area (Å²) in [5.41, 5.74) is 14.5. The summed E-state index contributed by atoms with van der Waals surface area (Å²) in [6.45, 7) is 2.49. The van der Waals surface area contributed by atoms with Crippen LogP contribution in [0.15, 0.2) is 48.5 Å². The Labute approximate surface area is 227 Å². The van der Waals surface area contributed by atoms with Crippen LogP contribution in [0.25, 0.3) is 6.08 Å². The summed E-state index contributed by atoms with van der Waals surface area (Å²) >= 11 is 0. The molecule has 0 amide bonds. The summed E-state index contributed by atoms with van der Waals surface area (Å²) in [7, 11) is 0. The number of anilines is 2. The lowest BCUT2D eigenvalue weighted by molar-refractivity contribution is -0.140. The third kappa shape index (κ3) is 10.6. The predicted molar refractivity (Wildman–Crippen MR) is 154 cm³/mol. The van der Waals surface area contributed by atoms with E-state index in [1.165, 1.54) is 51.0 Å². The van der Waals surface area contributed by atoms with Crippen LogP contribution in [0.4, 0.5) is 11.4 Å². The minimum absolute atomic E-state index is 0.00563. The van der Waals surface area contributed by atoms with Gasteiger partial charge in [-0.15, -0.1) is 0 Å². The fourth-order valence-corrected chi connectivity index (χ4v) is 5.12. The van der Waals surface area contributed by atoms with Crippen LogP contribution >= 0.6 is 0 Å². The average molecular weight is 521 g/mol. The van der Waals surface area contributed by atoms with Crippen molar-refractivity contribution >= 4 is 29.4 Å². The van der Waals surface area contributed by atoms with Crippen molar-refractivity contribution in [1.82, 2.24) is 0 Å². The maximum Gasteiger partial charge on any atom is 0.330 e. The number of ether oxygens (including phenoxy) is 2. The molecule has 6 heteroatoms. The van der Waals surface area contributed by atoms with Gasteiger partial charge in [-0.2, -0.15) is 0 Å². The predicted octanol–water partition coefficient (Wildman–Crippen LogP) is 7.11. The quantitative estimate of drug-likeness (QED) is 0.0904. The van der Waals surface area contributed by atoms with Crippen LogP contribution in [0.2, 0.25) is 0 Å². The van der Waals surface area contributed by atoms with Crippen LogP contribution in [0.3, 0.4) is 0 Å². The molecule has 0 spiro atoms. The summed E-state index contributed by atoms with van der Waals surface area (Å²) in [5.74, 6) is 0.736. The summed E-state index contributed by atoms with van der Waals surface area (Å²) in [6, 6.07) is 12.5. The summed E-state index contributed by atoms with van der Waals surface area (Å²) < 4.78 is 10.9. The number of benzene rings is 2. The van der Waals surface area contributed by atoms with E-state index < -0.39 is 5.97 Å². The number of carbonyl (C=O) groups excluding carboxylic acids is 2. The molecule has 0 unspecified atom stereocenters. The highest BCUT2D eigenvalue weighted by atomic mass is 16.5. The Hall–Kier alpha value is -3.28. The minimum atomic E-state index is -0.426. The van der Waals surface area contributed by atoms with E-state index in [0.29, 0.717) is 23.5 Å². The number of nitrogen functional groups attached to an aromatic ring is 2. The van der Waals surface area contributed by atoms with Crippen molar-refractivity contribution in [3.63, 3.8) is 0 Å². The zero-order chi connectivity index (χ0) is 27.2. The minimum Gasteiger partial charge on any atom is -0.462 e. The number of hydrogen-bond donors (Lipinski definition) is 2. The van der Waals surface area contributed by atoms with E-state index in [2.05, 4.69) is 6.92 Å². The van der Waals surface area contributed by atoms with Gasteiger partial charge in [0.1, 0.15) is 5.75 Å². The second kappa shape index (κ2) is 15.9. The standard InChI is InChI=1S/C32H44N2O4/c1-2-3-4-5-6-7-8-24-9-14-27(15-10-24)32(36)38-30-16-11-25(12-17-30)13-18-31(35)37-20-19-26-21-28(33)23-29(34)22-26/h11-13,16-18,21-24,27H,2-10,14-15,19-20,33-34H2,1H3/b18-13+. The molecule has 1 aliphatic carbocycles. The Bertz CT molecular complexity index is 1020. The van der Waals surface area contributed by atoms with Crippen LogP contribution in [-0.4, -0.2) is 18.5 Å². The Kier molecular flexibility index (Phi) is 12.2. The van der Waals surface area contributed by atoms with Gasteiger partial charge in [0, 0.05) is 23.9 Å². The zero-order valence-corrected chi connectivity index (χ0v) is 22.8. The van der Waals surface area contributed by atoms with Gasteiger partial charge < -0.3 is 20.9 Å². The lowest BCUT2D eigenvalue weighted by atomic mass is 9.80. The smallest absolute Gasteiger partial charge is 0.330 e. The summed E-state index contributed by atoms with van der Waals surface area (Å²) in [6.07, 6.45) is 17.0. The average Bonchev–Trinajstić information content (AvgIpc) is 2.90. The van der Waals surface area contributed by atoms with Crippen molar-refractivity contribution in [2.45, 2.75) is 84.0 Å². The van der Waals surface area contributed by atoms with Crippen LogP contribution in [0.5, 0.6) is 5.75 Å². The second-order valence-electron chi connectivity index (χ2n) is 10.5. The van der Waals surface area contributed by atoms with Crippen LogP contribution in [-0.2, 0) is 20.7 Å². The van der Waals surface area contributed by atoms with Gasteiger partial charge in [0.2, 0.25) is 0 Å². The van der Waals surface area contributed by atoms with Crippen LogP contribution < -0.4 is 16.2 Å². The maximum atomic E-state index is 12.7. The number of carbonyl (C=O) groups is 2.